The van der Waals surface area contributed by atoms with Crippen molar-refractivity contribution >= 4 is 12.0 Å². The average Bonchev–Trinajstić information content (AvgIpc) is 2.73. The molecule has 0 saturated carbocycles. The fourth-order valence-electron chi connectivity index (χ4n) is 1.35. The van der Waals surface area contributed by atoms with Crippen LogP contribution in [0.15, 0.2) is 12.4 Å². The minimum absolute atomic E-state index is 0.118. The summed E-state index contributed by atoms with van der Waals surface area (Å²) in [6.45, 7) is 2.39. The van der Waals surface area contributed by atoms with Crippen molar-refractivity contribution in [2.24, 2.45) is 7.05 Å². The first-order valence-corrected chi connectivity index (χ1v) is 5.76. The van der Waals surface area contributed by atoms with Gasteiger partial charge in [0.1, 0.15) is 6.54 Å². The second-order valence-corrected chi connectivity index (χ2v) is 3.69. The number of nitrogens with zero attached hydrogens (tertiary/aromatic N) is 2. The molecule has 0 saturated heterocycles. The van der Waals surface area contributed by atoms with E-state index in [1.54, 1.807) is 17.8 Å². The van der Waals surface area contributed by atoms with E-state index in [4.69, 9.17) is 0 Å². The Morgan fingerprint density at radius 1 is 1.44 bits per heavy atom. The molecule has 0 fully saturated rings. The van der Waals surface area contributed by atoms with Crippen molar-refractivity contribution < 1.29 is 14.3 Å². The molecule has 0 radical (unpaired) electrons. The van der Waals surface area contributed by atoms with E-state index in [0.717, 1.165) is 5.56 Å². The number of carbonyl (C=O) groups excluding carboxylic acids is 2. The lowest BCUT2D eigenvalue weighted by Crippen LogP contribution is -2.39. The number of aromatic nitrogens is 2. The molecule has 100 valence electrons. The first-order valence-electron chi connectivity index (χ1n) is 5.76. The molecule has 0 atom stereocenters. The van der Waals surface area contributed by atoms with Crippen molar-refractivity contribution in [2.75, 3.05) is 19.7 Å². The molecule has 1 heterocycles. The van der Waals surface area contributed by atoms with Gasteiger partial charge in [-0.25, -0.2) is 4.79 Å². The minimum Gasteiger partial charge on any atom is -0.465 e. The Morgan fingerprint density at radius 2 is 2.22 bits per heavy atom. The zero-order valence-electron chi connectivity index (χ0n) is 10.6. The number of amides is 2. The van der Waals surface area contributed by atoms with E-state index in [1.165, 1.54) is 0 Å². The molecule has 2 N–H and O–H groups in total. The normalized spacial score (nSPS) is 9.89. The minimum atomic E-state index is -0.445. The van der Waals surface area contributed by atoms with Crippen LogP contribution in [0.1, 0.15) is 12.5 Å². The molecule has 2 amide bonds. The highest BCUT2D eigenvalue weighted by molar-refractivity contribution is 5.80. The van der Waals surface area contributed by atoms with Gasteiger partial charge in [-0.1, -0.05) is 0 Å². The third-order valence-electron chi connectivity index (χ3n) is 2.16. The molecule has 0 unspecified atom stereocenters. The largest absolute Gasteiger partial charge is 0.465 e. The second kappa shape index (κ2) is 7.31. The highest BCUT2D eigenvalue weighted by Crippen LogP contribution is 1.95. The van der Waals surface area contributed by atoms with Crippen LogP contribution < -0.4 is 10.6 Å². The zero-order valence-corrected chi connectivity index (χ0v) is 10.6. The summed E-state index contributed by atoms with van der Waals surface area (Å²) in [7, 11) is 1.84. The van der Waals surface area contributed by atoms with Crippen LogP contribution >= 0.6 is 0 Å². The van der Waals surface area contributed by atoms with Gasteiger partial charge in [-0.2, -0.15) is 5.10 Å². The van der Waals surface area contributed by atoms with Gasteiger partial charge < -0.3 is 15.4 Å². The van der Waals surface area contributed by atoms with Crippen molar-refractivity contribution in [2.45, 2.75) is 13.3 Å². The van der Waals surface area contributed by atoms with Gasteiger partial charge in [0, 0.05) is 19.8 Å². The Morgan fingerprint density at radius 3 is 2.83 bits per heavy atom. The summed E-state index contributed by atoms with van der Waals surface area (Å²) in [4.78, 5) is 22.3. The van der Waals surface area contributed by atoms with Gasteiger partial charge in [0.05, 0.1) is 12.8 Å². The van der Waals surface area contributed by atoms with E-state index < -0.39 is 5.97 Å². The van der Waals surface area contributed by atoms with Crippen LogP contribution in [0.2, 0.25) is 0 Å². The number of aryl methyl sites for hydroxylation is 1. The molecular weight excluding hydrogens is 236 g/mol. The standard InChI is InChI=1S/C11H18N4O3/c1-3-18-10(16)7-13-11(17)12-5-4-9-6-14-15(2)8-9/h6,8H,3-5,7H2,1-2H3,(H2,12,13,17). The summed E-state index contributed by atoms with van der Waals surface area (Å²) >= 11 is 0. The van der Waals surface area contributed by atoms with Crippen LogP contribution in [0, 0.1) is 0 Å². The molecule has 7 nitrogen and oxygen atoms in total. The predicted molar refractivity (Wildman–Crippen MR) is 64.9 cm³/mol. The lowest BCUT2D eigenvalue weighted by molar-refractivity contribution is -0.141. The fourth-order valence-corrected chi connectivity index (χ4v) is 1.35. The van der Waals surface area contributed by atoms with Gasteiger partial charge in [-0.3, -0.25) is 9.48 Å². The molecule has 18 heavy (non-hydrogen) atoms. The molecule has 0 aromatic carbocycles. The Bertz CT molecular complexity index is 403. The van der Waals surface area contributed by atoms with E-state index in [9.17, 15) is 9.59 Å². The van der Waals surface area contributed by atoms with Crippen molar-refractivity contribution in [3.63, 3.8) is 0 Å². The Balaban J connectivity index is 2.12. The summed E-state index contributed by atoms with van der Waals surface area (Å²) in [5.41, 5.74) is 1.04. The maximum atomic E-state index is 11.3. The topological polar surface area (TPSA) is 85.2 Å². The number of ether oxygens (including phenoxy) is 1. The zero-order chi connectivity index (χ0) is 13.4. The predicted octanol–water partition coefficient (Wildman–Crippen LogP) is -0.175. The number of hydrogen-bond donors (Lipinski definition) is 2. The van der Waals surface area contributed by atoms with Crippen LogP contribution in [0.4, 0.5) is 4.79 Å². The van der Waals surface area contributed by atoms with E-state index in [-0.39, 0.29) is 12.6 Å². The monoisotopic (exact) mass is 254 g/mol. The number of nitrogens with one attached hydrogen (secondary N) is 2. The second-order valence-electron chi connectivity index (χ2n) is 3.69. The summed E-state index contributed by atoms with van der Waals surface area (Å²) in [5, 5.41) is 9.08. The Labute approximate surface area is 105 Å². The number of carbonyl (C=O) groups is 2. The third-order valence-corrected chi connectivity index (χ3v) is 2.16. The molecule has 0 aliphatic carbocycles. The van der Waals surface area contributed by atoms with E-state index in [1.807, 2.05) is 13.2 Å². The van der Waals surface area contributed by atoms with Crippen molar-refractivity contribution in [1.29, 1.82) is 0 Å². The Kier molecular flexibility index (Phi) is 5.69. The number of hydrogen-bond acceptors (Lipinski definition) is 4. The lowest BCUT2D eigenvalue weighted by Gasteiger charge is -2.06. The lowest BCUT2D eigenvalue weighted by atomic mass is 10.2. The quantitative estimate of drug-likeness (QED) is 0.690. The maximum absolute atomic E-state index is 11.3. The number of rotatable bonds is 6. The maximum Gasteiger partial charge on any atom is 0.325 e. The van der Waals surface area contributed by atoms with Gasteiger partial charge in [-0.15, -0.1) is 0 Å². The van der Waals surface area contributed by atoms with Gasteiger partial charge in [0.2, 0.25) is 0 Å². The average molecular weight is 254 g/mol. The molecule has 0 aliphatic heterocycles. The van der Waals surface area contributed by atoms with Crippen LogP contribution in [0.5, 0.6) is 0 Å². The summed E-state index contributed by atoms with van der Waals surface area (Å²) in [6, 6.07) is -0.382. The Hall–Kier alpha value is -2.05. The summed E-state index contributed by atoms with van der Waals surface area (Å²) in [6.07, 6.45) is 4.33. The van der Waals surface area contributed by atoms with Crippen molar-refractivity contribution in [3.05, 3.63) is 18.0 Å². The SMILES string of the molecule is CCOC(=O)CNC(=O)NCCc1cnn(C)c1. The molecule has 0 bridgehead atoms. The smallest absolute Gasteiger partial charge is 0.325 e. The number of esters is 1. The van der Waals surface area contributed by atoms with E-state index in [0.29, 0.717) is 19.6 Å². The van der Waals surface area contributed by atoms with E-state index in [2.05, 4.69) is 20.5 Å². The summed E-state index contributed by atoms with van der Waals surface area (Å²) in [5.74, 6) is -0.445. The molecule has 1 aromatic heterocycles. The highest BCUT2D eigenvalue weighted by Gasteiger charge is 2.05. The summed E-state index contributed by atoms with van der Waals surface area (Å²) < 4.78 is 6.38. The van der Waals surface area contributed by atoms with Gasteiger partial charge in [0.15, 0.2) is 0 Å². The van der Waals surface area contributed by atoms with E-state index >= 15 is 0 Å². The number of urea groups is 1. The van der Waals surface area contributed by atoms with Crippen LogP contribution in [-0.4, -0.2) is 41.5 Å². The molecule has 1 rings (SSSR count). The first kappa shape index (κ1) is 14.0. The molecule has 7 heteroatoms. The van der Waals surface area contributed by atoms with Crippen molar-refractivity contribution in [1.82, 2.24) is 20.4 Å². The molecule has 0 spiro atoms. The van der Waals surface area contributed by atoms with Gasteiger partial charge in [-0.05, 0) is 18.9 Å². The van der Waals surface area contributed by atoms with Crippen LogP contribution in [0.3, 0.4) is 0 Å². The van der Waals surface area contributed by atoms with Gasteiger partial charge >= 0.3 is 12.0 Å². The third kappa shape index (κ3) is 5.33. The van der Waals surface area contributed by atoms with Gasteiger partial charge in [0.25, 0.3) is 0 Å². The first-order chi connectivity index (χ1) is 8.61. The highest BCUT2D eigenvalue weighted by atomic mass is 16.5. The molecule has 0 aliphatic rings. The van der Waals surface area contributed by atoms with Crippen LogP contribution in [-0.2, 0) is 23.0 Å². The molecular formula is C11H18N4O3. The fraction of sp³-hybridized carbons (Fsp3) is 0.545. The van der Waals surface area contributed by atoms with Crippen LogP contribution in [0.25, 0.3) is 0 Å². The molecule has 1 aromatic rings. The van der Waals surface area contributed by atoms with Crippen molar-refractivity contribution in [3.8, 4) is 0 Å².